The maximum Gasteiger partial charge on any atom is 0.115 e. The van der Waals surface area contributed by atoms with Gasteiger partial charge in [0.1, 0.15) is 5.03 Å². The molecule has 2 atom stereocenters. The molecule has 0 saturated heterocycles. The van der Waals surface area contributed by atoms with Crippen molar-refractivity contribution in [1.82, 2.24) is 9.97 Å². The molecule has 0 aromatic carbocycles. The molecule has 0 aliphatic heterocycles. The zero-order chi connectivity index (χ0) is 10.7. The van der Waals surface area contributed by atoms with E-state index < -0.39 is 0 Å². The first-order chi connectivity index (χ1) is 6.50. The second kappa shape index (κ2) is 4.75. The molecule has 0 saturated carbocycles. The molecule has 3 nitrogen and oxygen atoms in total. The second-order valence-electron chi connectivity index (χ2n) is 3.44. The Labute approximate surface area is 89.0 Å². The summed E-state index contributed by atoms with van der Waals surface area (Å²) in [6, 6.07) is 0. The van der Waals surface area contributed by atoms with E-state index in [1.165, 1.54) is 0 Å². The van der Waals surface area contributed by atoms with Crippen molar-refractivity contribution in [3.8, 4) is 0 Å². The molecule has 1 aromatic heterocycles. The number of aryl methyl sites for hydroxylation is 2. The highest BCUT2D eigenvalue weighted by atomic mass is 32.2. The van der Waals surface area contributed by atoms with Crippen molar-refractivity contribution in [2.45, 2.75) is 44.1 Å². The van der Waals surface area contributed by atoms with Crippen molar-refractivity contribution in [1.29, 1.82) is 0 Å². The Hall–Kier alpha value is -0.610. The molecule has 0 aliphatic carbocycles. The van der Waals surface area contributed by atoms with Gasteiger partial charge >= 0.3 is 0 Å². The summed E-state index contributed by atoms with van der Waals surface area (Å²) in [5.74, 6) is 0. The SMILES string of the molecule is Cc1ncc(SC(C)C(C)O)nc1C. The van der Waals surface area contributed by atoms with Gasteiger partial charge in [-0.15, -0.1) is 0 Å². The maximum absolute atomic E-state index is 9.34. The number of aliphatic hydroxyl groups excluding tert-OH is 1. The zero-order valence-electron chi connectivity index (χ0n) is 8.98. The van der Waals surface area contributed by atoms with E-state index in [9.17, 15) is 5.11 Å². The number of hydrogen-bond acceptors (Lipinski definition) is 4. The van der Waals surface area contributed by atoms with Gasteiger partial charge in [-0.25, -0.2) is 4.98 Å². The van der Waals surface area contributed by atoms with E-state index in [1.54, 1.807) is 24.9 Å². The van der Waals surface area contributed by atoms with Crippen LogP contribution in [-0.4, -0.2) is 26.4 Å². The largest absolute Gasteiger partial charge is 0.392 e. The molecule has 0 amide bonds. The van der Waals surface area contributed by atoms with Crippen LogP contribution in [0.1, 0.15) is 25.2 Å². The van der Waals surface area contributed by atoms with Crippen LogP contribution in [0.4, 0.5) is 0 Å². The monoisotopic (exact) mass is 212 g/mol. The van der Waals surface area contributed by atoms with Crippen LogP contribution in [0.3, 0.4) is 0 Å². The quantitative estimate of drug-likeness (QED) is 0.778. The van der Waals surface area contributed by atoms with E-state index in [2.05, 4.69) is 9.97 Å². The van der Waals surface area contributed by atoms with Gasteiger partial charge in [-0.3, -0.25) is 4.98 Å². The van der Waals surface area contributed by atoms with Gasteiger partial charge in [0, 0.05) is 5.25 Å². The number of thioether (sulfide) groups is 1. The summed E-state index contributed by atoms with van der Waals surface area (Å²) in [6.07, 6.45) is 1.43. The van der Waals surface area contributed by atoms with Crippen molar-refractivity contribution in [2.24, 2.45) is 0 Å². The standard InChI is InChI=1S/C10H16N2OS/c1-6-7(2)12-10(5-11-6)14-9(4)8(3)13/h5,8-9,13H,1-4H3. The van der Waals surface area contributed by atoms with Crippen LogP contribution in [0.15, 0.2) is 11.2 Å². The molecule has 1 aromatic rings. The molecule has 4 heteroatoms. The highest BCUT2D eigenvalue weighted by Crippen LogP contribution is 2.23. The summed E-state index contributed by atoms with van der Waals surface area (Å²) in [5, 5.41) is 10.4. The van der Waals surface area contributed by atoms with E-state index in [4.69, 9.17) is 0 Å². The Morgan fingerprint density at radius 3 is 2.43 bits per heavy atom. The third-order valence-electron chi connectivity index (χ3n) is 2.16. The van der Waals surface area contributed by atoms with Gasteiger partial charge in [-0.1, -0.05) is 18.7 Å². The lowest BCUT2D eigenvalue weighted by molar-refractivity contribution is 0.196. The molecule has 0 radical (unpaired) electrons. The van der Waals surface area contributed by atoms with E-state index in [1.807, 2.05) is 20.8 Å². The van der Waals surface area contributed by atoms with Crippen LogP contribution in [0.5, 0.6) is 0 Å². The molecular formula is C10H16N2OS. The first kappa shape index (κ1) is 11.5. The molecule has 0 spiro atoms. The predicted octanol–water partition coefficient (Wildman–Crippen LogP) is 1.95. The van der Waals surface area contributed by atoms with Crippen molar-refractivity contribution in [2.75, 3.05) is 0 Å². The van der Waals surface area contributed by atoms with Gasteiger partial charge in [0.05, 0.1) is 23.7 Å². The normalized spacial score (nSPS) is 15.2. The maximum atomic E-state index is 9.34. The van der Waals surface area contributed by atoms with Crippen LogP contribution in [0.25, 0.3) is 0 Å². The molecule has 78 valence electrons. The van der Waals surface area contributed by atoms with E-state index in [0.717, 1.165) is 16.4 Å². The fourth-order valence-electron chi connectivity index (χ4n) is 0.866. The predicted molar refractivity (Wildman–Crippen MR) is 58.5 cm³/mol. The van der Waals surface area contributed by atoms with Crippen molar-refractivity contribution < 1.29 is 5.11 Å². The van der Waals surface area contributed by atoms with Gasteiger partial charge in [-0.2, -0.15) is 0 Å². The number of aliphatic hydroxyl groups is 1. The average Bonchev–Trinajstić information content (AvgIpc) is 2.11. The molecule has 1 heterocycles. The Morgan fingerprint density at radius 1 is 1.29 bits per heavy atom. The van der Waals surface area contributed by atoms with Crippen LogP contribution < -0.4 is 0 Å². The number of rotatable bonds is 3. The molecule has 0 bridgehead atoms. The summed E-state index contributed by atoms with van der Waals surface area (Å²) < 4.78 is 0. The van der Waals surface area contributed by atoms with E-state index in [-0.39, 0.29) is 11.4 Å². The topological polar surface area (TPSA) is 46.0 Å². The van der Waals surface area contributed by atoms with Crippen LogP contribution >= 0.6 is 11.8 Å². The second-order valence-corrected chi connectivity index (χ2v) is 4.84. The molecule has 0 fully saturated rings. The Kier molecular flexibility index (Phi) is 3.89. The van der Waals surface area contributed by atoms with Crippen molar-refractivity contribution >= 4 is 11.8 Å². The van der Waals surface area contributed by atoms with Gasteiger partial charge in [0.15, 0.2) is 0 Å². The number of nitrogens with zero attached hydrogens (tertiary/aromatic N) is 2. The molecule has 1 rings (SSSR count). The fraction of sp³-hybridized carbons (Fsp3) is 0.600. The smallest absolute Gasteiger partial charge is 0.115 e. The summed E-state index contributed by atoms with van der Waals surface area (Å²) >= 11 is 1.55. The number of aromatic nitrogens is 2. The van der Waals surface area contributed by atoms with Crippen LogP contribution in [0.2, 0.25) is 0 Å². The lowest BCUT2D eigenvalue weighted by atomic mass is 10.3. The summed E-state index contributed by atoms with van der Waals surface area (Å²) in [5.41, 5.74) is 1.91. The van der Waals surface area contributed by atoms with Crippen molar-refractivity contribution in [3.63, 3.8) is 0 Å². The number of hydrogen-bond donors (Lipinski definition) is 1. The van der Waals surface area contributed by atoms with Crippen LogP contribution in [-0.2, 0) is 0 Å². The highest BCUT2D eigenvalue weighted by molar-refractivity contribution is 7.99. The lowest BCUT2D eigenvalue weighted by Crippen LogP contribution is -2.15. The minimum atomic E-state index is -0.330. The first-order valence-electron chi connectivity index (χ1n) is 4.65. The summed E-state index contributed by atoms with van der Waals surface area (Å²) in [6.45, 7) is 7.65. The first-order valence-corrected chi connectivity index (χ1v) is 5.53. The van der Waals surface area contributed by atoms with E-state index in [0.29, 0.717) is 0 Å². The molecule has 1 N–H and O–H groups in total. The Bertz CT molecular complexity index is 315. The third kappa shape index (κ3) is 2.96. The van der Waals surface area contributed by atoms with E-state index >= 15 is 0 Å². The molecular weight excluding hydrogens is 196 g/mol. The third-order valence-corrected chi connectivity index (χ3v) is 3.36. The minimum absolute atomic E-state index is 0.145. The zero-order valence-corrected chi connectivity index (χ0v) is 9.80. The Balaban J connectivity index is 2.73. The lowest BCUT2D eigenvalue weighted by Gasteiger charge is -2.13. The average molecular weight is 212 g/mol. The molecule has 0 aliphatic rings. The van der Waals surface area contributed by atoms with Gasteiger partial charge in [0.25, 0.3) is 0 Å². The highest BCUT2D eigenvalue weighted by Gasteiger charge is 2.11. The summed E-state index contributed by atoms with van der Waals surface area (Å²) in [7, 11) is 0. The van der Waals surface area contributed by atoms with Crippen molar-refractivity contribution in [3.05, 3.63) is 17.6 Å². The van der Waals surface area contributed by atoms with Gasteiger partial charge in [-0.05, 0) is 20.8 Å². The molecule has 14 heavy (non-hydrogen) atoms. The van der Waals surface area contributed by atoms with Crippen LogP contribution in [0, 0.1) is 13.8 Å². The molecule has 2 unspecified atom stereocenters. The van der Waals surface area contributed by atoms with Gasteiger partial charge < -0.3 is 5.11 Å². The Morgan fingerprint density at radius 2 is 1.93 bits per heavy atom. The fourth-order valence-corrected chi connectivity index (χ4v) is 1.75. The minimum Gasteiger partial charge on any atom is -0.392 e. The van der Waals surface area contributed by atoms with Gasteiger partial charge in [0.2, 0.25) is 0 Å². The summed E-state index contributed by atoms with van der Waals surface area (Å²) in [4.78, 5) is 8.61.